The van der Waals surface area contributed by atoms with E-state index in [4.69, 9.17) is 33.0 Å². The Morgan fingerprint density at radius 2 is 1.86 bits per heavy atom. The first-order valence-electron chi connectivity index (χ1n) is 13.1. The van der Waals surface area contributed by atoms with Crippen molar-refractivity contribution in [2.75, 3.05) is 38.0 Å². The summed E-state index contributed by atoms with van der Waals surface area (Å²) in [5, 5.41) is 21.4. The number of carbonyl (C=O) groups excluding carboxylic acids is 3. The minimum Gasteiger partial charge on any atom is -0.494 e. The lowest BCUT2D eigenvalue weighted by atomic mass is 9.49. The minimum atomic E-state index is -2.01. The molecule has 16 heteroatoms. The predicted octanol–water partition coefficient (Wildman–Crippen LogP) is 0.358. The Morgan fingerprint density at radius 1 is 1.10 bits per heavy atom. The van der Waals surface area contributed by atoms with Crippen molar-refractivity contribution in [3.63, 3.8) is 0 Å². The Kier molecular flexibility index (Phi) is 9.56. The van der Waals surface area contributed by atoms with Gasteiger partial charge in [0.1, 0.15) is 6.61 Å². The third kappa shape index (κ3) is 7.90. The highest BCUT2D eigenvalue weighted by atomic mass is 16.5. The maximum absolute atomic E-state index is 12.9. The van der Waals surface area contributed by atoms with Crippen LogP contribution in [-0.2, 0) is 20.9 Å². The summed E-state index contributed by atoms with van der Waals surface area (Å²) in [6.07, 6.45) is 1.60. The second-order valence-corrected chi connectivity index (χ2v) is 9.83. The molecule has 0 aliphatic heterocycles. The van der Waals surface area contributed by atoms with Crippen LogP contribution in [0.25, 0.3) is 11.3 Å². The van der Waals surface area contributed by atoms with Crippen LogP contribution in [0.3, 0.4) is 0 Å². The smallest absolute Gasteiger partial charge is 0.272 e. The van der Waals surface area contributed by atoms with Gasteiger partial charge in [0.25, 0.3) is 5.91 Å². The van der Waals surface area contributed by atoms with Crippen molar-refractivity contribution in [2.45, 2.75) is 31.5 Å². The maximum Gasteiger partial charge on any atom is 0.272 e. The van der Waals surface area contributed by atoms with E-state index in [0.29, 0.717) is 30.1 Å². The number of anilines is 3. The Morgan fingerprint density at radius 3 is 2.52 bits per heavy atom. The summed E-state index contributed by atoms with van der Waals surface area (Å²) in [6.45, 7) is 2.54. The molecule has 0 saturated heterocycles. The van der Waals surface area contributed by atoms with Gasteiger partial charge in [-0.3, -0.25) is 19.1 Å². The van der Waals surface area contributed by atoms with Crippen LogP contribution in [0, 0.1) is 12.8 Å². The number of aryl methyl sites for hydroxylation is 1. The number of aromatic nitrogens is 4. The van der Waals surface area contributed by atoms with Gasteiger partial charge in [0, 0.05) is 31.2 Å². The van der Waals surface area contributed by atoms with E-state index in [-0.39, 0.29) is 41.5 Å². The first-order chi connectivity index (χ1) is 20.0. The lowest BCUT2D eigenvalue weighted by Crippen LogP contribution is -2.50. The highest BCUT2D eigenvalue weighted by Gasteiger charge is 2.30. The predicted molar refractivity (Wildman–Crippen MR) is 158 cm³/mol. The molecule has 1 fully saturated rings. The van der Waals surface area contributed by atoms with Crippen LogP contribution < -0.4 is 26.0 Å². The summed E-state index contributed by atoms with van der Waals surface area (Å²) in [7, 11) is 19.7. The van der Waals surface area contributed by atoms with Crippen LogP contribution in [-0.4, -0.2) is 93.8 Å². The fourth-order valence-corrected chi connectivity index (χ4v) is 4.16. The fourth-order valence-electron chi connectivity index (χ4n) is 4.16. The number of ether oxygens (including phenoxy) is 2. The first-order valence-corrected chi connectivity index (χ1v) is 13.1. The number of rotatable bonds is 13. The number of nitrogens with zero attached hydrogens (tertiary/aromatic N) is 4. The van der Waals surface area contributed by atoms with Gasteiger partial charge in [0.15, 0.2) is 17.3 Å². The molecule has 0 unspecified atom stereocenters. The van der Waals surface area contributed by atoms with Crippen molar-refractivity contribution < 1.29 is 23.9 Å². The Bertz CT molecular complexity index is 1470. The lowest BCUT2D eigenvalue weighted by molar-refractivity contribution is -0.124. The van der Waals surface area contributed by atoms with Crippen molar-refractivity contribution >= 4 is 58.5 Å². The second kappa shape index (κ2) is 13.1. The largest absolute Gasteiger partial charge is 0.494 e. The van der Waals surface area contributed by atoms with Gasteiger partial charge in [-0.15, -0.1) is 10.2 Å². The van der Waals surface area contributed by atoms with Gasteiger partial charge >= 0.3 is 0 Å². The molecule has 42 heavy (non-hydrogen) atoms. The van der Waals surface area contributed by atoms with Crippen molar-refractivity contribution in [2.24, 2.45) is 5.92 Å². The number of nitrogens with one attached hydrogen (secondary N) is 4. The third-order valence-electron chi connectivity index (χ3n) is 6.13. The lowest BCUT2D eigenvalue weighted by Gasteiger charge is -2.23. The molecule has 0 atom stereocenters. The van der Waals surface area contributed by atoms with Crippen molar-refractivity contribution in [3.8, 4) is 17.0 Å². The van der Waals surface area contributed by atoms with Crippen LogP contribution >= 0.6 is 0 Å². The molecule has 1 aliphatic carbocycles. The number of hydrogen-bond donors (Lipinski definition) is 4. The van der Waals surface area contributed by atoms with Crippen molar-refractivity contribution in [1.82, 2.24) is 30.6 Å². The normalized spacial score (nSPS) is 12.8. The molecular formula is C26H29B3N8O5. The SMILES string of the molecule is [B]C([B])([B])NC(=O)c1nnc(NC(=O)C2CC2)cc1Nc1cccc(-c2cc(C)nn2CCNC(=O)COC)c1OC. The van der Waals surface area contributed by atoms with Gasteiger partial charge in [-0.25, -0.2) is 0 Å². The van der Waals surface area contributed by atoms with E-state index < -0.39 is 11.1 Å². The van der Waals surface area contributed by atoms with E-state index in [2.05, 4.69) is 36.6 Å². The maximum atomic E-state index is 12.9. The highest BCUT2D eigenvalue weighted by Crippen LogP contribution is 2.39. The summed E-state index contributed by atoms with van der Waals surface area (Å²) in [5.74, 6) is -0.710. The number of hydrogen-bond acceptors (Lipinski definition) is 9. The van der Waals surface area contributed by atoms with Crippen molar-refractivity contribution in [3.05, 3.63) is 41.7 Å². The number of para-hydroxylation sites is 1. The molecule has 1 aliphatic rings. The minimum absolute atomic E-state index is 0.0365. The van der Waals surface area contributed by atoms with Gasteiger partial charge in [0.05, 0.1) is 60.0 Å². The van der Waals surface area contributed by atoms with Gasteiger partial charge in [-0.1, -0.05) is 11.3 Å². The van der Waals surface area contributed by atoms with Crippen LogP contribution in [0.15, 0.2) is 30.3 Å². The standard InChI is InChI=1S/C26H29B3N8O5/c1-14-11-19(37(36-14)10-9-30-21(38)13-41-2)16-5-4-6-17(23(16)42-3)31-18-12-20(32-24(39)15-7-8-15)34-35-22(18)25(40)33-26(27,28)29/h4-6,11-12,15H,7-10,13H2,1-3H3,(H,30,38)(H,33,40)(H2,31,32,34,39). The molecular weight excluding hydrogens is 537 g/mol. The monoisotopic (exact) mass is 566 g/mol. The summed E-state index contributed by atoms with van der Waals surface area (Å²) in [4.78, 5) is 37.1. The van der Waals surface area contributed by atoms with E-state index >= 15 is 0 Å². The summed E-state index contributed by atoms with van der Waals surface area (Å²) < 4.78 is 12.4. The van der Waals surface area contributed by atoms with E-state index in [0.717, 1.165) is 24.2 Å². The van der Waals surface area contributed by atoms with Crippen molar-refractivity contribution in [1.29, 1.82) is 0 Å². The van der Waals surface area contributed by atoms with Crippen LogP contribution in [0.2, 0.25) is 0 Å². The number of benzene rings is 1. The molecule has 13 nitrogen and oxygen atoms in total. The fraction of sp³-hybridized carbons (Fsp3) is 0.385. The molecule has 3 aromatic rings. The summed E-state index contributed by atoms with van der Waals surface area (Å²) in [6, 6.07) is 8.75. The Hall–Kier alpha value is -4.33. The van der Waals surface area contributed by atoms with E-state index in [1.54, 1.807) is 16.8 Å². The van der Waals surface area contributed by atoms with Crippen LogP contribution in [0.1, 0.15) is 29.0 Å². The molecule has 2 aromatic heterocycles. The Labute approximate surface area is 247 Å². The molecule has 1 saturated carbocycles. The number of methoxy groups -OCH3 is 2. The molecule has 0 bridgehead atoms. The molecule has 6 radical (unpaired) electrons. The van der Waals surface area contributed by atoms with Gasteiger partial charge < -0.3 is 30.7 Å². The van der Waals surface area contributed by atoms with Gasteiger partial charge in [-0.2, -0.15) is 5.10 Å². The molecule has 2 heterocycles. The Balaban J connectivity index is 1.67. The zero-order chi connectivity index (χ0) is 30.4. The van der Waals surface area contributed by atoms with E-state index in [1.165, 1.54) is 20.3 Å². The number of carbonyl (C=O) groups is 3. The quantitative estimate of drug-likeness (QED) is 0.214. The zero-order valence-corrected chi connectivity index (χ0v) is 23.6. The summed E-state index contributed by atoms with van der Waals surface area (Å²) >= 11 is 0. The van der Waals surface area contributed by atoms with Crippen LogP contribution in [0.4, 0.5) is 17.2 Å². The molecule has 4 N–H and O–H groups in total. The second-order valence-electron chi connectivity index (χ2n) is 9.83. The number of amides is 3. The first kappa shape index (κ1) is 30.6. The third-order valence-corrected chi connectivity index (χ3v) is 6.13. The zero-order valence-electron chi connectivity index (χ0n) is 23.6. The average molecular weight is 566 g/mol. The highest BCUT2D eigenvalue weighted by molar-refractivity contribution is 6.60. The summed E-state index contributed by atoms with van der Waals surface area (Å²) in [5.41, 5.74) is 2.65. The average Bonchev–Trinajstić information content (AvgIpc) is 3.70. The molecule has 4 rings (SSSR count). The topological polar surface area (TPSA) is 161 Å². The molecule has 212 valence electrons. The van der Waals surface area contributed by atoms with E-state index in [9.17, 15) is 14.4 Å². The van der Waals surface area contributed by atoms with Crippen LogP contribution in [0.5, 0.6) is 5.75 Å². The van der Waals surface area contributed by atoms with E-state index in [1.807, 2.05) is 19.1 Å². The molecule has 1 aromatic carbocycles. The molecule has 0 spiro atoms. The molecule has 3 amide bonds. The van der Waals surface area contributed by atoms with Gasteiger partial charge in [0.2, 0.25) is 11.8 Å². The van der Waals surface area contributed by atoms with Gasteiger partial charge in [-0.05, 0) is 38.0 Å².